The summed E-state index contributed by atoms with van der Waals surface area (Å²) in [4.78, 5) is 0.316. The van der Waals surface area contributed by atoms with Crippen LogP contribution in [0.15, 0.2) is 53.4 Å². The molecule has 0 bridgehead atoms. The van der Waals surface area contributed by atoms with Crippen molar-refractivity contribution in [3.63, 3.8) is 0 Å². The molecular weight excluding hydrogens is 362 g/mol. The fraction of sp³-hybridized carbons (Fsp3) is 0.429. The molecule has 2 aromatic carbocycles. The molecule has 146 valence electrons. The molecule has 0 radical (unpaired) electrons. The Labute approximate surface area is 162 Å². The van der Waals surface area contributed by atoms with Crippen LogP contribution < -0.4 is 4.74 Å². The molecule has 1 unspecified atom stereocenters. The fourth-order valence-electron chi connectivity index (χ4n) is 3.46. The lowest BCUT2D eigenvalue weighted by molar-refractivity contribution is -0.0629. The zero-order valence-electron chi connectivity index (χ0n) is 16.3. The van der Waals surface area contributed by atoms with Crippen LogP contribution in [0.5, 0.6) is 5.75 Å². The summed E-state index contributed by atoms with van der Waals surface area (Å²) in [7, 11) is -2.08. The van der Waals surface area contributed by atoms with Crippen molar-refractivity contribution >= 4 is 10.0 Å². The van der Waals surface area contributed by atoms with Crippen LogP contribution in [0.1, 0.15) is 25.0 Å². The van der Waals surface area contributed by atoms with Crippen LogP contribution in [0.25, 0.3) is 0 Å². The van der Waals surface area contributed by atoms with Crippen molar-refractivity contribution in [1.82, 2.24) is 4.31 Å². The van der Waals surface area contributed by atoms with Gasteiger partial charge in [-0.05, 0) is 56.5 Å². The van der Waals surface area contributed by atoms with Crippen molar-refractivity contribution in [3.05, 3.63) is 59.7 Å². The van der Waals surface area contributed by atoms with Crippen LogP contribution in [0.4, 0.5) is 0 Å². The molecule has 1 fully saturated rings. The van der Waals surface area contributed by atoms with Gasteiger partial charge >= 0.3 is 0 Å². The van der Waals surface area contributed by atoms with Gasteiger partial charge in [-0.2, -0.15) is 4.31 Å². The molecule has 2 aromatic rings. The number of aryl methyl sites for hydroxylation is 1. The molecule has 0 amide bonds. The number of morpholine rings is 1. The summed E-state index contributed by atoms with van der Waals surface area (Å²) < 4.78 is 39.7. The van der Waals surface area contributed by atoms with Gasteiger partial charge in [0.05, 0.1) is 30.3 Å². The maximum atomic E-state index is 13.5. The molecule has 1 aliphatic rings. The maximum Gasteiger partial charge on any atom is 0.243 e. The predicted molar refractivity (Wildman–Crippen MR) is 106 cm³/mol. The summed E-state index contributed by atoms with van der Waals surface area (Å²) >= 11 is 0. The Morgan fingerprint density at radius 3 is 2.52 bits per heavy atom. The number of hydrogen-bond donors (Lipinski definition) is 0. The predicted octanol–water partition coefficient (Wildman–Crippen LogP) is 3.41. The van der Waals surface area contributed by atoms with Crippen LogP contribution in [-0.4, -0.2) is 44.6 Å². The van der Waals surface area contributed by atoms with Gasteiger partial charge in [0.25, 0.3) is 0 Å². The molecule has 5 nitrogen and oxygen atoms in total. The third kappa shape index (κ3) is 4.18. The van der Waals surface area contributed by atoms with Gasteiger partial charge < -0.3 is 9.47 Å². The molecule has 1 atom stereocenters. The topological polar surface area (TPSA) is 55.8 Å². The van der Waals surface area contributed by atoms with Crippen molar-refractivity contribution in [2.75, 3.05) is 20.3 Å². The van der Waals surface area contributed by atoms with Crippen molar-refractivity contribution in [1.29, 1.82) is 0 Å². The number of nitrogens with zero attached hydrogens (tertiary/aromatic N) is 1. The second-order valence-electron chi connectivity index (χ2n) is 7.60. The lowest BCUT2D eigenvalue weighted by atomic mass is 10.0. The molecule has 3 rings (SSSR count). The van der Waals surface area contributed by atoms with E-state index in [1.54, 1.807) is 36.5 Å². The van der Waals surface area contributed by atoms with Gasteiger partial charge in [0.1, 0.15) is 5.75 Å². The molecule has 0 saturated carbocycles. The van der Waals surface area contributed by atoms with Gasteiger partial charge in [-0.15, -0.1) is 0 Å². The minimum absolute atomic E-state index is 0.172. The Kier molecular flexibility index (Phi) is 5.60. The standard InChI is InChI=1S/C21H27NO4S/c1-16-12-18(25-4)10-11-20(16)27(23,24)22-14-19(26-15-21(22,2)3)13-17-8-6-5-7-9-17/h5-12,19H,13-15H2,1-4H3. The van der Waals surface area contributed by atoms with E-state index >= 15 is 0 Å². The molecule has 27 heavy (non-hydrogen) atoms. The summed E-state index contributed by atoms with van der Waals surface area (Å²) in [6.45, 7) is 6.29. The largest absolute Gasteiger partial charge is 0.497 e. The summed E-state index contributed by atoms with van der Waals surface area (Å²) in [5.41, 5.74) is 1.20. The number of sulfonamides is 1. The van der Waals surface area contributed by atoms with Gasteiger partial charge in [-0.1, -0.05) is 30.3 Å². The van der Waals surface area contributed by atoms with E-state index in [1.165, 1.54) is 0 Å². The van der Waals surface area contributed by atoms with Crippen molar-refractivity contribution < 1.29 is 17.9 Å². The zero-order chi connectivity index (χ0) is 19.7. The van der Waals surface area contributed by atoms with E-state index in [1.807, 2.05) is 44.2 Å². The van der Waals surface area contributed by atoms with E-state index in [9.17, 15) is 8.42 Å². The smallest absolute Gasteiger partial charge is 0.243 e. The Bertz CT molecular complexity index is 894. The van der Waals surface area contributed by atoms with Crippen molar-refractivity contribution in [2.24, 2.45) is 0 Å². The van der Waals surface area contributed by atoms with Crippen LogP contribution >= 0.6 is 0 Å². The summed E-state index contributed by atoms with van der Waals surface area (Å²) in [6, 6.07) is 15.1. The average Bonchev–Trinajstić information content (AvgIpc) is 2.63. The molecule has 1 saturated heterocycles. The quantitative estimate of drug-likeness (QED) is 0.786. The second-order valence-corrected chi connectivity index (χ2v) is 9.43. The molecule has 0 N–H and O–H groups in total. The van der Waals surface area contributed by atoms with E-state index in [0.717, 1.165) is 5.56 Å². The van der Waals surface area contributed by atoms with Gasteiger partial charge in [0, 0.05) is 6.54 Å². The molecular formula is C21H27NO4S. The van der Waals surface area contributed by atoms with E-state index in [0.29, 0.717) is 35.8 Å². The number of benzene rings is 2. The third-order valence-electron chi connectivity index (χ3n) is 4.97. The maximum absolute atomic E-state index is 13.5. The molecule has 6 heteroatoms. The molecule has 1 heterocycles. The average molecular weight is 390 g/mol. The number of ether oxygens (including phenoxy) is 2. The Morgan fingerprint density at radius 1 is 1.19 bits per heavy atom. The monoisotopic (exact) mass is 389 g/mol. The highest BCUT2D eigenvalue weighted by Crippen LogP contribution is 2.32. The highest BCUT2D eigenvalue weighted by atomic mass is 32.2. The SMILES string of the molecule is COc1ccc(S(=O)(=O)N2CC(Cc3ccccc3)OCC2(C)C)c(C)c1. The molecule has 0 aromatic heterocycles. The first kappa shape index (κ1) is 19.9. The van der Waals surface area contributed by atoms with Gasteiger partial charge in [0.2, 0.25) is 10.0 Å². The van der Waals surface area contributed by atoms with E-state index in [4.69, 9.17) is 9.47 Å². The van der Waals surface area contributed by atoms with Crippen LogP contribution in [0.2, 0.25) is 0 Å². The number of methoxy groups -OCH3 is 1. The number of hydrogen-bond acceptors (Lipinski definition) is 4. The zero-order valence-corrected chi connectivity index (χ0v) is 17.1. The summed E-state index contributed by atoms with van der Waals surface area (Å²) in [5, 5.41) is 0. The van der Waals surface area contributed by atoms with Gasteiger partial charge in [-0.25, -0.2) is 8.42 Å². The van der Waals surface area contributed by atoms with Crippen LogP contribution in [0, 0.1) is 6.92 Å². The Morgan fingerprint density at radius 2 is 1.89 bits per heavy atom. The second kappa shape index (κ2) is 7.62. The van der Waals surface area contributed by atoms with E-state index < -0.39 is 15.6 Å². The first-order valence-corrected chi connectivity index (χ1v) is 10.5. The first-order valence-electron chi connectivity index (χ1n) is 9.07. The first-order chi connectivity index (χ1) is 12.7. The van der Waals surface area contributed by atoms with E-state index in [-0.39, 0.29) is 6.10 Å². The van der Waals surface area contributed by atoms with Crippen molar-refractivity contribution in [3.8, 4) is 5.75 Å². The van der Waals surface area contributed by atoms with Crippen molar-refractivity contribution in [2.45, 2.75) is 43.7 Å². The summed E-state index contributed by atoms with van der Waals surface area (Å²) in [6.07, 6.45) is 0.513. The summed E-state index contributed by atoms with van der Waals surface area (Å²) in [5.74, 6) is 0.648. The highest BCUT2D eigenvalue weighted by molar-refractivity contribution is 7.89. The third-order valence-corrected chi connectivity index (χ3v) is 7.21. The molecule has 1 aliphatic heterocycles. The molecule has 0 aliphatic carbocycles. The normalized spacial score (nSPS) is 20.4. The van der Waals surface area contributed by atoms with Crippen LogP contribution in [-0.2, 0) is 21.2 Å². The van der Waals surface area contributed by atoms with Gasteiger partial charge in [-0.3, -0.25) is 0 Å². The lowest BCUT2D eigenvalue weighted by Gasteiger charge is -2.44. The minimum Gasteiger partial charge on any atom is -0.497 e. The number of rotatable bonds is 5. The fourth-order valence-corrected chi connectivity index (χ4v) is 5.47. The Balaban J connectivity index is 1.89. The molecule has 0 spiro atoms. The minimum atomic E-state index is -3.65. The van der Waals surface area contributed by atoms with Gasteiger partial charge in [0.15, 0.2) is 0 Å². The lowest BCUT2D eigenvalue weighted by Crippen LogP contribution is -2.58. The Hall–Kier alpha value is -1.89. The van der Waals surface area contributed by atoms with E-state index in [2.05, 4.69) is 0 Å². The van der Waals surface area contributed by atoms with Crippen LogP contribution in [0.3, 0.4) is 0 Å². The highest BCUT2D eigenvalue weighted by Gasteiger charge is 2.43.